The van der Waals surface area contributed by atoms with Crippen molar-refractivity contribution in [3.63, 3.8) is 0 Å². The largest absolute Gasteiger partial charge is 0.342 e. The molecule has 30 heavy (non-hydrogen) atoms. The van der Waals surface area contributed by atoms with Gasteiger partial charge < -0.3 is 9.88 Å². The minimum Gasteiger partial charge on any atom is -0.342 e. The van der Waals surface area contributed by atoms with Crippen LogP contribution >= 0.6 is 12.4 Å². The summed E-state index contributed by atoms with van der Waals surface area (Å²) in [6, 6.07) is 13.3. The monoisotopic (exact) mass is 426 g/mol. The summed E-state index contributed by atoms with van der Waals surface area (Å²) < 4.78 is 0. The number of hydroxylamine groups is 1. The quantitative estimate of drug-likeness (QED) is 0.331. The Bertz CT molecular complexity index is 1070. The van der Waals surface area contributed by atoms with E-state index in [1.165, 1.54) is 6.08 Å². The topological polar surface area (TPSA) is 98.3 Å². The number of hydrogen-bond donors (Lipinski definition) is 3. The van der Waals surface area contributed by atoms with Gasteiger partial charge in [0.1, 0.15) is 5.82 Å². The Morgan fingerprint density at radius 3 is 2.57 bits per heavy atom. The first-order valence-corrected chi connectivity index (χ1v) is 9.61. The number of aromatic nitrogens is 2. The molecule has 0 spiro atoms. The molecule has 2 aromatic carbocycles. The van der Waals surface area contributed by atoms with Gasteiger partial charge in [0, 0.05) is 31.1 Å². The molecule has 1 fully saturated rings. The van der Waals surface area contributed by atoms with Gasteiger partial charge in [-0.25, -0.2) is 10.5 Å². The second-order valence-corrected chi connectivity index (χ2v) is 7.14. The molecule has 0 aliphatic carbocycles. The fraction of sp³-hybridized carbons (Fsp3) is 0.227. The van der Waals surface area contributed by atoms with Gasteiger partial charge in [-0.05, 0) is 48.2 Å². The van der Waals surface area contributed by atoms with Crippen molar-refractivity contribution >= 4 is 41.3 Å². The van der Waals surface area contributed by atoms with Crippen LogP contribution in [0.1, 0.15) is 40.2 Å². The minimum atomic E-state index is -0.570. The van der Waals surface area contributed by atoms with Crippen LogP contribution in [0.25, 0.3) is 17.1 Å². The summed E-state index contributed by atoms with van der Waals surface area (Å²) in [6.45, 7) is 1.67. The Morgan fingerprint density at radius 2 is 1.87 bits per heavy atom. The molecule has 0 saturated carbocycles. The number of halogens is 1. The lowest BCUT2D eigenvalue weighted by Gasteiger charge is -2.14. The Balaban J connectivity index is 0.00000256. The number of imidazole rings is 1. The van der Waals surface area contributed by atoms with E-state index < -0.39 is 5.91 Å². The predicted molar refractivity (Wildman–Crippen MR) is 117 cm³/mol. The van der Waals surface area contributed by atoms with Gasteiger partial charge in [0.2, 0.25) is 0 Å². The van der Waals surface area contributed by atoms with E-state index in [4.69, 9.17) is 5.21 Å². The van der Waals surface area contributed by atoms with Crippen molar-refractivity contribution in [2.45, 2.75) is 19.3 Å². The first kappa shape index (κ1) is 21.5. The van der Waals surface area contributed by atoms with Crippen molar-refractivity contribution in [3.05, 3.63) is 71.1 Å². The van der Waals surface area contributed by atoms with Crippen molar-refractivity contribution in [1.29, 1.82) is 0 Å². The minimum absolute atomic E-state index is 0. The molecule has 2 amide bonds. The number of likely N-dealkylation sites (tertiary alicyclic amines) is 1. The standard InChI is InChI=1S/C22H22N4O3.ClH/c27-21(25-29)10-7-15-3-5-16(6-4-15)13-20-23-18-9-8-17(14-19(18)24-20)22(28)26-11-1-2-12-26;/h3-10,14,29H,1-2,11-13H2,(H,23,24)(H,25,27);1H/b10-7+;. The lowest BCUT2D eigenvalue weighted by Crippen LogP contribution is -2.27. The highest BCUT2D eigenvalue weighted by Gasteiger charge is 2.20. The number of carbonyl (C=O) groups is 2. The van der Waals surface area contributed by atoms with E-state index in [1.54, 1.807) is 11.6 Å². The molecule has 3 aromatic rings. The molecule has 0 unspecified atom stereocenters. The molecule has 3 N–H and O–H groups in total. The van der Waals surface area contributed by atoms with Crippen LogP contribution in [0.4, 0.5) is 0 Å². The van der Waals surface area contributed by atoms with E-state index in [1.807, 2.05) is 47.4 Å². The van der Waals surface area contributed by atoms with Gasteiger partial charge in [-0.1, -0.05) is 24.3 Å². The molecule has 0 atom stereocenters. The number of nitrogens with one attached hydrogen (secondary N) is 2. The molecule has 1 aliphatic rings. The molecule has 156 valence electrons. The SMILES string of the molecule is Cl.O=C(/C=C/c1ccc(Cc2nc3ccc(C(=O)N4CCCC4)cc3[nH]2)cc1)NO. The summed E-state index contributed by atoms with van der Waals surface area (Å²) in [5.41, 5.74) is 5.87. The second kappa shape index (κ2) is 9.56. The van der Waals surface area contributed by atoms with Crippen molar-refractivity contribution in [3.8, 4) is 0 Å². The molecule has 1 aliphatic heterocycles. The average molecular weight is 427 g/mol. The normalized spacial score (nSPS) is 13.6. The first-order valence-electron chi connectivity index (χ1n) is 9.61. The van der Waals surface area contributed by atoms with Crippen LogP contribution in [0, 0.1) is 0 Å². The number of amides is 2. The Morgan fingerprint density at radius 1 is 1.13 bits per heavy atom. The van der Waals surface area contributed by atoms with Gasteiger partial charge >= 0.3 is 0 Å². The summed E-state index contributed by atoms with van der Waals surface area (Å²) in [5, 5.41) is 8.50. The third-order valence-electron chi connectivity index (χ3n) is 5.06. The molecule has 1 saturated heterocycles. The zero-order valence-corrected chi connectivity index (χ0v) is 17.1. The van der Waals surface area contributed by atoms with Crippen molar-refractivity contribution in [2.24, 2.45) is 0 Å². The molecular weight excluding hydrogens is 404 g/mol. The molecular formula is C22H23ClN4O3. The zero-order chi connectivity index (χ0) is 20.2. The molecule has 7 nitrogen and oxygen atoms in total. The molecule has 0 bridgehead atoms. The van der Waals surface area contributed by atoms with E-state index in [0.29, 0.717) is 12.0 Å². The Hall–Kier alpha value is -3.16. The maximum atomic E-state index is 12.6. The molecule has 4 rings (SSSR count). The van der Waals surface area contributed by atoms with Gasteiger partial charge in [0.05, 0.1) is 11.0 Å². The van der Waals surface area contributed by atoms with Gasteiger partial charge in [0.15, 0.2) is 0 Å². The van der Waals surface area contributed by atoms with E-state index in [-0.39, 0.29) is 18.3 Å². The molecule has 8 heteroatoms. The molecule has 2 heterocycles. The van der Waals surface area contributed by atoms with Crippen molar-refractivity contribution in [2.75, 3.05) is 13.1 Å². The fourth-order valence-corrected chi connectivity index (χ4v) is 3.53. The van der Waals surface area contributed by atoms with Crippen LogP contribution in [-0.4, -0.2) is 45.0 Å². The first-order chi connectivity index (χ1) is 14.1. The lowest BCUT2D eigenvalue weighted by molar-refractivity contribution is -0.124. The van der Waals surface area contributed by atoms with Crippen LogP contribution in [-0.2, 0) is 11.2 Å². The highest BCUT2D eigenvalue weighted by Crippen LogP contribution is 2.19. The van der Waals surface area contributed by atoms with Crippen molar-refractivity contribution < 1.29 is 14.8 Å². The van der Waals surface area contributed by atoms with E-state index in [0.717, 1.165) is 53.9 Å². The third kappa shape index (κ3) is 4.87. The lowest BCUT2D eigenvalue weighted by atomic mass is 10.1. The van der Waals surface area contributed by atoms with Crippen LogP contribution < -0.4 is 5.48 Å². The number of benzene rings is 2. The highest BCUT2D eigenvalue weighted by atomic mass is 35.5. The Kier molecular flexibility index (Phi) is 6.87. The van der Waals surface area contributed by atoms with Gasteiger partial charge in [-0.15, -0.1) is 12.4 Å². The zero-order valence-electron chi connectivity index (χ0n) is 16.3. The molecule has 0 radical (unpaired) electrons. The number of fused-ring (bicyclic) bond motifs is 1. The maximum absolute atomic E-state index is 12.6. The van der Waals surface area contributed by atoms with E-state index >= 15 is 0 Å². The number of H-pyrrole nitrogens is 1. The van der Waals surface area contributed by atoms with Crippen LogP contribution in [0.5, 0.6) is 0 Å². The van der Waals surface area contributed by atoms with Crippen LogP contribution in [0.3, 0.4) is 0 Å². The highest BCUT2D eigenvalue weighted by molar-refractivity contribution is 5.97. The smallest absolute Gasteiger partial charge is 0.267 e. The van der Waals surface area contributed by atoms with Gasteiger partial charge in [-0.3, -0.25) is 14.8 Å². The average Bonchev–Trinajstić information content (AvgIpc) is 3.41. The fourth-order valence-electron chi connectivity index (χ4n) is 3.53. The van der Waals surface area contributed by atoms with Crippen LogP contribution in [0.2, 0.25) is 0 Å². The number of rotatable bonds is 5. The summed E-state index contributed by atoms with van der Waals surface area (Å²) in [5.74, 6) is 0.340. The van der Waals surface area contributed by atoms with Crippen LogP contribution in [0.15, 0.2) is 48.5 Å². The number of aromatic amines is 1. The number of nitrogens with zero attached hydrogens (tertiary/aromatic N) is 2. The maximum Gasteiger partial charge on any atom is 0.267 e. The summed E-state index contributed by atoms with van der Waals surface area (Å²) in [4.78, 5) is 33.5. The number of hydrogen-bond acceptors (Lipinski definition) is 4. The van der Waals surface area contributed by atoms with E-state index in [2.05, 4.69) is 9.97 Å². The van der Waals surface area contributed by atoms with Gasteiger partial charge in [0.25, 0.3) is 11.8 Å². The second-order valence-electron chi connectivity index (χ2n) is 7.14. The van der Waals surface area contributed by atoms with E-state index in [9.17, 15) is 9.59 Å². The summed E-state index contributed by atoms with van der Waals surface area (Å²) in [7, 11) is 0. The Labute approximate surface area is 180 Å². The summed E-state index contributed by atoms with van der Waals surface area (Å²) >= 11 is 0. The van der Waals surface area contributed by atoms with Crippen molar-refractivity contribution in [1.82, 2.24) is 20.3 Å². The van der Waals surface area contributed by atoms with Gasteiger partial charge in [-0.2, -0.15) is 0 Å². The summed E-state index contributed by atoms with van der Waals surface area (Å²) in [6.07, 6.45) is 5.66. The predicted octanol–water partition coefficient (Wildman–Crippen LogP) is 3.33. The third-order valence-corrected chi connectivity index (χ3v) is 5.06. The number of carbonyl (C=O) groups excluding carboxylic acids is 2. The molecule has 1 aromatic heterocycles.